The minimum absolute atomic E-state index is 0.302. The van der Waals surface area contributed by atoms with Gasteiger partial charge in [0.15, 0.2) is 0 Å². The molecule has 0 unspecified atom stereocenters. The van der Waals surface area contributed by atoms with Gasteiger partial charge in [0, 0.05) is 17.6 Å². The van der Waals surface area contributed by atoms with Gasteiger partial charge >= 0.3 is 0 Å². The topological polar surface area (TPSA) is 12.0 Å². The van der Waals surface area contributed by atoms with Crippen LogP contribution in [0.25, 0.3) is 11.1 Å². The average Bonchev–Trinajstić information content (AvgIpc) is 3.20. The standard InChI is InChI=1S/C16H15ClFN/c17-14-7-13(8-15(18)9-14)12-3-1-2-11(6-12)10-19-16-4-5-16/h1-3,6-9,16,19H,4-5,10H2. The molecular formula is C16H15ClFN. The predicted molar refractivity (Wildman–Crippen MR) is 76.7 cm³/mol. The van der Waals surface area contributed by atoms with Gasteiger partial charge in [0.2, 0.25) is 0 Å². The van der Waals surface area contributed by atoms with Crippen molar-refractivity contribution in [3.05, 3.63) is 58.9 Å². The van der Waals surface area contributed by atoms with Crippen molar-refractivity contribution in [3.63, 3.8) is 0 Å². The fourth-order valence-corrected chi connectivity index (χ4v) is 2.35. The van der Waals surface area contributed by atoms with Crippen LogP contribution in [0.1, 0.15) is 18.4 Å². The molecule has 0 aliphatic heterocycles. The summed E-state index contributed by atoms with van der Waals surface area (Å²) in [7, 11) is 0. The highest BCUT2D eigenvalue weighted by Gasteiger charge is 2.19. The molecule has 0 radical (unpaired) electrons. The Morgan fingerprint density at radius 3 is 2.68 bits per heavy atom. The van der Waals surface area contributed by atoms with Gasteiger partial charge in [-0.3, -0.25) is 0 Å². The molecule has 1 N–H and O–H groups in total. The van der Waals surface area contributed by atoms with Gasteiger partial charge < -0.3 is 5.32 Å². The van der Waals surface area contributed by atoms with Crippen LogP contribution in [0.5, 0.6) is 0 Å². The first-order valence-corrected chi connectivity index (χ1v) is 6.87. The Morgan fingerprint density at radius 2 is 1.95 bits per heavy atom. The van der Waals surface area contributed by atoms with Gasteiger partial charge in [0.1, 0.15) is 5.82 Å². The van der Waals surface area contributed by atoms with E-state index in [0.717, 1.165) is 17.7 Å². The van der Waals surface area contributed by atoms with Gasteiger partial charge in [0.25, 0.3) is 0 Å². The largest absolute Gasteiger partial charge is 0.310 e. The molecule has 2 aromatic carbocycles. The summed E-state index contributed by atoms with van der Waals surface area (Å²) in [6.45, 7) is 0.863. The zero-order valence-corrected chi connectivity index (χ0v) is 11.3. The molecule has 0 atom stereocenters. The molecule has 0 spiro atoms. The molecular weight excluding hydrogens is 261 g/mol. The Bertz CT molecular complexity index is 573. The quantitative estimate of drug-likeness (QED) is 0.872. The van der Waals surface area contributed by atoms with Crippen molar-refractivity contribution in [2.75, 3.05) is 0 Å². The number of rotatable bonds is 4. The molecule has 0 saturated heterocycles. The van der Waals surface area contributed by atoms with Crippen molar-refractivity contribution in [1.29, 1.82) is 0 Å². The number of benzene rings is 2. The summed E-state index contributed by atoms with van der Waals surface area (Å²) in [5, 5.41) is 3.90. The van der Waals surface area contributed by atoms with Gasteiger partial charge in [-0.2, -0.15) is 0 Å². The maximum atomic E-state index is 13.4. The van der Waals surface area contributed by atoms with Crippen molar-refractivity contribution >= 4 is 11.6 Å². The Kier molecular flexibility index (Phi) is 3.54. The van der Waals surface area contributed by atoms with E-state index in [2.05, 4.69) is 17.4 Å². The summed E-state index contributed by atoms with van der Waals surface area (Å²) in [6.07, 6.45) is 2.55. The first-order chi connectivity index (χ1) is 9.20. The normalized spacial score (nSPS) is 14.6. The molecule has 3 heteroatoms. The Balaban J connectivity index is 1.84. The smallest absolute Gasteiger partial charge is 0.125 e. The minimum Gasteiger partial charge on any atom is -0.310 e. The van der Waals surface area contributed by atoms with Gasteiger partial charge in [-0.1, -0.05) is 29.8 Å². The van der Waals surface area contributed by atoms with Gasteiger partial charge in [-0.15, -0.1) is 0 Å². The third-order valence-corrected chi connectivity index (χ3v) is 3.51. The summed E-state index contributed by atoms with van der Waals surface area (Å²) in [5.74, 6) is -0.302. The second-order valence-corrected chi connectivity index (χ2v) is 5.45. The summed E-state index contributed by atoms with van der Waals surface area (Å²) in [4.78, 5) is 0. The van der Waals surface area contributed by atoms with E-state index in [1.165, 1.54) is 30.5 Å². The van der Waals surface area contributed by atoms with Crippen LogP contribution in [0.3, 0.4) is 0 Å². The zero-order valence-electron chi connectivity index (χ0n) is 10.5. The van der Waals surface area contributed by atoms with Crippen molar-refractivity contribution < 1.29 is 4.39 Å². The van der Waals surface area contributed by atoms with Crippen LogP contribution in [0.15, 0.2) is 42.5 Å². The van der Waals surface area contributed by atoms with Crippen LogP contribution in [0.2, 0.25) is 5.02 Å². The Morgan fingerprint density at radius 1 is 1.11 bits per heavy atom. The lowest BCUT2D eigenvalue weighted by molar-refractivity contribution is 0.628. The van der Waals surface area contributed by atoms with Crippen LogP contribution in [-0.2, 0) is 6.54 Å². The monoisotopic (exact) mass is 275 g/mol. The number of nitrogens with one attached hydrogen (secondary N) is 1. The summed E-state index contributed by atoms with van der Waals surface area (Å²) < 4.78 is 13.4. The van der Waals surface area contributed by atoms with Crippen molar-refractivity contribution in [2.24, 2.45) is 0 Å². The fraction of sp³-hybridized carbons (Fsp3) is 0.250. The highest BCUT2D eigenvalue weighted by molar-refractivity contribution is 6.30. The van der Waals surface area contributed by atoms with E-state index in [0.29, 0.717) is 11.1 Å². The minimum atomic E-state index is -0.302. The van der Waals surface area contributed by atoms with E-state index in [-0.39, 0.29) is 5.82 Å². The predicted octanol–water partition coefficient (Wildman–Crippen LogP) is 4.40. The first kappa shape index (κ1) is 12.6. The third-order valence-electron chi connectivity index (χ3n) is 3.30. The molecule has 19 heavy (non-hydrogen) atoms. The maximum Gasteiger partial charge on any atom is 0.125 e. The molecule has 0 bridgehead atoms. The van der Waals surface area contributed by atoms with E-state index in [1.807, 2.05) is 12.1 Å². The molecule has 98 valence electrons. The van der Waals surface area contributed by atoms with Gasteiger partial charge in [-0.25, -0.2) is 4.39 Å². The molecule has 3 rings (SSSR count). The van der Waals surface area contributed by atoms with E-state index < -0.39 is 0 Å². The fourth-order valence-electron chi connectivity index (χ4n) is 2.13. The summed E-state index contributed by atoms with van der Waals surface area (Å²) >= 11 is 5.90. The lowest BCUT2D eigenvalue weighted by atomic mass is 10.0. The highest BCUT2D eigenvalue weighted by atomic mass is 35.5. The number of hydrogen-bond donors (Lipinski definition) is 1. The van der Waals surface area contributed by atoms with Crippen LogP contribution in [0, 0.1) is 5.82 Å². The van der Waals surface area contributed by atoms with E-state index in [4.69, 9.17) is 11.6 Å². The first-order valence-electron chi connectivity index (χ1n) is 6.49. The average molecular weight is 276 g/mol. The van der Waals surface area contributed by atoms with Gasteiger partial charge in [0.05, 0.1) is 0 Å². The molecule has 1 saturated carbocycles. The second kappa shape index (κ2) is 5.32. The molecule has 0 aromatic heterocycles. The van der Waals surface area contributed by atoms with Crippen molar-refractivity contribution in [2.45, 2.75) is 25.4 Å². The van der Waals surface area contributed by atoms with Crippen LogP contribution >= 0.6 is 11.6 Å². The SMILES string of the molecule is Fc1cc(Cl)cc(-c2cccc(CNC3CC3)c2)c1. The number of hydrogen-bond acceptors (Lipinski definition) is 1. The van der Waals surface area contributed by atoms with Crippen LogP contribution < -0.4 is 5.32 Å². The molecule has 0 amide bonds. The van der Waals surface area contributed by atoms with E-state index >= 15 is 0 Å². The van der Waals surface area contributed by atoms with E-state index in [1.54, 1.807) is 6.07 Å². The summed E-state index contributed by atoms with van der Waals surface area (Å²) in [6, 6.07) is 13.5. The van der Waals surface area contributed by atoms with Crippen molar-refractivity contribution in [3.8, 4) is 11.1 Å². The highest BCUT2D eigenvalue weighted by Crippen LogP contribution is 2.25. The zero-order chi connectivity index (χ0) is 13.2. The molecule has 1 aliphatic rings. The van der Waals surface area contributed by atoms with Crippen molar-refractivity contribution in [1.82, 2.24) is 5.32 Å². The lowest BCUT2D eigenvalue weighted by Gasteiger charge is -2.07. The number of halogens is 2. The molecule has 2 aromatic rings. The maximum absolute atomic E-state index is 13.4. The Labute approximate surface area is 117 Å². The van der Waals surface area contributed by atoms with Crippen LogP contribution in [0.4, 0.5) is 4.39 Å². The molecule has 1 aliphatic carbocycles. The Hall–Kier alpha value is -1.38. The molecule has 1 fully saturated rings. The molecule has 0 heterocycles. The van der Waals surface area contributed by atoms with E-state index in [9.17, 15) is 4.39 Å². The summed E-state index contributed by atoms with van der Waals surface area (Å²) in [5.41, 5.74) is 3.03. The third kappa shape index (κ3) is 3.34. The molecule has 1 nitrogen and oxygen atoms in total. The van der Waals surface area contributed by atoms with Crippen LogP contribution in [-0.4, -0.2) is 6.04 Å². The lowest BCUT2D eigenvalue weighted by Crippen LogP contribution is -2.15. The second-order valence-electron chi connectivity index (χ2n) is 5.01. The van der Waals surface area contributed by atoms with Gasteiger partial charge in [-0.05, 0) is 53.8 Å².